The average molecular weight is 566 g/mol. The van der Waals surface area contributed by atoms with Crippen LogP contribution in [-0.2, 0) is 11.3 Å². The maximum atomic E-state index is 13.8. The van der Waals surface area contributed by atoms with Crippen molar-refractivity contribution >= 4 is 34.0 Å². The number of nitrogens with zero attached hydrogens (tertiary/aromatic N) is 5. The zero-order valence-corrected chi connectivity index (χ0v) is 22.6. The van der Waals surface area contributed by atoms with E-state index in [9.17, 15) is 18.7 Å². The number of ether oxygens (including phenoxy) is 1. The minimum absolute atomic E-state index is 0.192. The van der Waals surface area contributed by atoms with E-state index in [1.54, 1.807) is 6.20 Å². The molecule has 0 aliphatic carbocycles. The maximum absolute atomic E-state index is 13.8. The van der Waals surface area contributed by atoms with E-state index in [1.807, 2.05) is 18.2 Å². The molecule has 216 valence electrons. The van der Waals surface area contributed by atoms with Crippen molar-refractivity contribution in [3.63, 3.8) is 0 Å². The first-order valence-corrected chi connectivity index (χ1v) is 13.8. The van der Waals surface area contributed by atoms with Crippen molar-refractivity contribution in [2.24, 2.45) is 0 Å². The third kappa shape index (κ3) is 7.33. The van der Waals surface area contributed by atoms with E-state index in [1.165, 1.54) is 42.2 Å². The van der Waals surface area contributed by atoms with Crippen molar-refractivity contribution < 1.29 is 23.4 Å². The number of carbonyl (C=O) groups excluding carboxylic acids is 1. The van der Waals surface area contributed by atoms with Gasteiger partial charge in [0.2, 0.25) is 5.91 Å². The topological polar surface area (TPSA) is 117 Å². The summed E-state index contributed by atoms with van der Waals surface area (Å²) in [7, 11) is 0. The van der Waals surface area contributed by atoms with Gasteiger partial charge in [0.1, 0.15) is 24.4 Å². The van der Waals surface area contributed by atoms with Crippen LogP contribution in [0.4, 0.5) is 26.0 Å². The predicted octanol–water partition coefficient (Wildman–Crippen LogP) is 4.49. The van der Waals surface area contributed by atoms with Gasteiger partial charge in [-0.05, 0) is 56.5 Å². The van der Waals surface area contributed by atoms with Gasteiger partial charge >= 0.3 is 0 Å². The second-order valence-electron chi connectivity index (χ2n) is 10.0. The van der Waals surface area contributed by atoms with Crippen LogP contribution in [0.3, 0.4) is 0 Å². The number of amides is 1. The highest BCUT2D eigenvalue weighted by molar-refractivity contribution is 5.92. The summed E-state index contributed by atoms with van der Waals surface area (Å²) >= 11 is 0. The molecule has 0 radical (unpaired) electrons. The third-order valence-corrected chi connectivity index (χ3v) is 7.11. The van der Waals surface area contributed by atoms with Crippen LogP contribution in [0.1, 0.15) is 32.1 Å². The first-order chi connectivity index (χ1) is 20.0. The number of likely N-dealkylation sites (tertiary alicyclic amines) is 1. The van der Waals surface area contributed by atoms with Gasteiger partial charge in [0.25, 0.3) is 0 Å². The molecule has 1 saturated heterocycles. The Hall–Kier alpha value is -4.16. The standard InChI is InChI=1S/C29H33F2N7O3/c30-24-6-3-7-25(28(24)31)36-27(40)18-38-17-20(16-34-38)35-29-23-9-8-22(15-26(23)32-19-33-29)41-14-4-12-37-11-2-1-5-21(37)10-13-39/h3,6-9,15-17,19,21,39H,1-2,4-5,10-14,18H2,(H,36,40)(H,32,33,35)/t21-/m1/s1. The Bertz CT molecular complexity index is 1480. The molecule has 3 heterocycles. The van der Waals surface area contributed by atoms with E-state index < -0.39 is 17.5 Å². The van der Waals surface area contributed by atoms with Crippen LogP contribution < -0.4 is 15.4 Å². The molecule has 0 saturated carbocycles. The van der Waals surface area contributed by atoms with Crippen molar-refractivity contribution in [2.45, 2.75) is 44.7 Å². The molecule has 4 aromatic rings. The zero-order valence-electron chi connectivity index (χ0n) is 22.6. The summed E-state index contributed by atoms with van der Waals surface area (Å²) in [5.41, 5.74) is 1.07. The van der Waals surface area contributed by atoms with E-state index >= 15 is 0 Å². The smallest absolute Gasteiger partial charge is 0.246 e. The summed E-state index contributed by atoms with van der Waals surface area (Å²) in [6.45, 7) is 2.65. The Kier molecular flexibility index (Phi) is 9.32. The van der Waals surface area contributed by atoms with Crippen LogP contribution in [0.15, 0.2) is 55.1 Å². The fraction of sp³-hybridized carbons (Fsp3) is 0.379. The van der Waals surface area contributed by atoms with Crippen LogP contribution in [0.5, 0.6) is 5.75 Å². The molecule has 2 aromatic heterocycles. The number of halogens is 2. The number of fused-ring (bicyclic) bond motifs is 1. The van der Waals surface area contributed by atoms with Gasteiger partial charge in [-0.25, -0.2) is 18.7 Å². The van der Waals surface area contributed by atoms with Crippen molar-refractivity contribution in [3.05, 3.63) is 66.8 Å². The molecule has 1 aliphatic heterocycles. The van der Waals surface area contributed by atoms with E-state index in [4.69, 9.17) is 4.74 Å². The molecule has 10 nitrogen and oxygen atoms in total. The molecule has 1 amide bonds. The number of aromatic nitrogens is 4. The monoisotopic (exact) mass is 565 g/mol. The van der Waals surface area contributed by atoms with Crippen LogP contribution in [0.25, 0.3) is 10.9 Å². The van der Waals surface area contributed by atoms with Crippen LogP contribution >= 0.6 is 0 Å². The lowest BCUT2D eigenvalue weighted by molar-refractivity contribution is -0.116. The molecule has 0 spiro atoms. The largest absolute Gasteiger partial charge is 0.493 e. The molecule has 1 aliphatic rings. The Labute approximate surface area is 236 Å². The highest BCUT2D eigenvalue weighted by atomic mass is 19.2. The SMILES string of the molecule is O=C(Cn1cc(Nc2ncnc3cc(OCCCN4CCCC[C@@H]4CCO)ccc23)cn1)Nc1cccc(F)c1F. The first-order valence-electron chi connectivity index (χ1n) is 13.8. The highest BCUT2D eigenvalue weighted by Gasteiger charge is 2.21. The summed E-state index contributed by atoms with van der Waals surface area (Å²) in [4.78, 5) is 23.5. The molecule has 0 bridgehead atoms. The van der Waals surface area contributed by atoms with Crippen LogP contribution in [0, 0.1) is 11.6 Å². The minimum Gasteiger partial charge on any atom is -0.493 e. The van der Waals surface area contributed by atoms with Gasteiger partial charge in [-0.2, -0.15) is 5.10 Å². The number of benzene rings is 2. The minimum atomic E-state index is -1.11. The summed E-state index contributed by atoms with van der Waals surface area (Å²) in [6.07, 6.45) is 9.92. The van der Waals surface area contributed by atoms with Crippen molar-refractivity contribution in [3.8, 4) is 5.75 Å². The number of piperidine rings is 1. The van der Waals surface area contributed by atoms with E-state index in [0.717, 1.165) is 49.6 Å². The summed E-state index contributed by atoms with van der Waals surface area (Å²) in [6, 6.07) is 9.69. The molecule has 2 aromatic carbocycles. The molecule has 3 N–H and O–H groups in total. The second kappa shape index (κ2) is 13.5. The zero-order chi connectivity index (χ0) is 28.6. The maximum Gasteiger partial charge on any atom is 0.246 e. The predicted molar refractivity (Wildman–Crippen MR) is 151 cm³/mol. The van der Waals surface area contributed by atoms with E-state index in [0.29, 0.717) is 29.7 Å². The quantitative estimate of drug-likeness (QED) is 0.215. The normalized spacial score (nSPS) is 15.6. The number of hydrogen-bond donors (Lipinski definition) is 3. The Balaban J connectivity index is 1.15. The lowest BCUT2D eigenvalue weighted by Gasteiger charge is -2.35. The number of hydrogen-bond acceptors (Lipinski definition) is 8. The number of aliphatic hydroxyl groups excluding tert-OH is 1. The Morgan fingerprint density at radius 2 is 2.07 bits per heavy atom. The molecule has 0 unspecified atom stereocenters. The Morgan fingerprint density at radius 1 is 1.17 bits per heavy atom. The third-order valence-electron chi connectivity index (χ3n) is 7.11. The molecule has 5 rings (SSSR count). The van der Waals surface area contributed by atoms with Gasteiger partial charge in [-0.1, -0.05) is 12.5 Å². The number of rotatable bonds is 12. The fourth-order valence-electron chi connectivity index (χ4n) is 5.10. The fourth-order valence-corrected chi connectivity index (χ4v) is 5.10. The molecule has 41 heavy (non-hydrogen) atoms. The van der Waals surface area contributed by atoms with Gasteiger partial charge in [-0.3, -0.25) is 9.48 Å². The van der Waals surface area contributed by atoms with Crippen molar-refractivity contribution in [1.29, 1.82) is 0 Å². The Morgan fingerprint density at radius 3 is 2.95 bits per heavy atom. The van der Waals surface area contributed by atoms with Crippen LogP contribution in [0.2, 0.25) is 0 Å². The number of aliphatic hydroxyl groups is 1. The molecular weight excluding hydrogens is 532 g/mol. The lowest BCUT2D eigenvalue weighted by atomic mass is 9.99. The average Bonchev–Trinajstić information content (AvgIpc) is 3.41. The number of anilines is 3. The van der Waals surface area contributed by atoms with Crippen molar-refractivity contribution in [1.82, 2.24) is 24.6 Å². The van der Waals surface area contributed by atoms with Gasteiger partial charge in [0, 0.05) is 36.8 Å². The second-order valence-corrected chi connectivity index (χ2v) is 10.0. The van der Waals surface area contributed by atoms with Crippen LogP contribution in [-0.4, -0.2) is 68.0 Å². The number of nitrogens with one attached hydrogen (secondary N) is 2. The van der Waals surface area contributed by atoms with Gasteiger partial charge in [0.05, 0.1) is 29.7 Å². The lowest BCUT2D eigenvalue weighted by Crippen LogP contribution is -2.40. The molecule has 12 heteroatoms. The first kappa shape index (κ1) is 28.4. The van der Waals surface area contributed by atoms with E-state index in [2.05, 4.69) is 30.6 Å². The van der Waals surface area contributed by atoms with Gasteiger partial charge in [-0.15, -0.1) is 0 Å². The van der Waals surface area contributed by atoms with Gasteiger partial charge < -0.3 is 25.4 Å². The van der Waals surface area contributed by atoms with Crippen molar-refractivity contribution in [2.75, 3.05) is 36.9 Å². The molecular formula is C29H33F2N7O3. The summed E-state index contributed by atoms with van der Waals surface area (Å²) < 4.78 is 34.6. The highest BCUT2D eigenvalue weighted by Crippen LogP contribution is 2.26. The molecule has 1 fully saturated rings. The molecule has 1 atom stereocenters. The van der Waals surface area contributed by atoms with E-state index in [-0.39, 0.29) is 18.8 Å². The van der Waals surface area contributed by atoms with Gasteiger partial charge in [0.15, 0.2) is 11.6 Å². The number of carbonyl (C=O) groups is 1. The summed E-state index contributed by atoms with van der Waals surface area (Å²) in [5.74, 6) is -1.42. The summed E-state index contributed by atoms with van der Waals surface area (Å²) in [5, 5.41) is 19.8.